The molecule has 1 spiro atoms. The molecule has 1 aromatic carbocycles. The quantitative estimate of drug-likeness (QED) is 0.380. The zero-order valence-electron chi connectivity index (χ0n) is 26.6. The molecule has 43 heavy (non-hydrogen) atoms. The minimum atomic E-state index is -3.59. The van der Waals surface area contributed by atoms with E-state index in [0.29, 0.717) is 31.8 Å². The van der Waals surface area contributed by atoms with Crippen LogP contribution in [-0.4, -0.2) is 73.0 Å². The number of fused-ring (bicyclic) bond motifs is 4. The molecular formula is C33H51N3O6S. The lowest BCUT2D eigenvalue weighted by molar-refractivity contribution is -0.125. The van der Waals surface area contributed by atoms with E-state index in [2.05, 4.69) is 48.7 Å². The number of aryl methyl sites for hydroxylation is 1. The Morgan fingerprint density at radius 2 is 1.81 bits per heavy atom. The lowest BCUT2D eigenvalue weighted by Gasteiger charge is -2.45. The van der Waals surface area contributed by atoms with Gasteiger partial charge in [0.1, 0.15) is 11.6 Å². The van der Waals surface area contributed by atoms with Crippen molar-refractivity contribution in [3.8, 4) is 0 Å². The molecule has 3 N–H and O–H groups in total. The molecule has 1 heterocycles. The minimum Gasteiger partial charge on any atom is -0.444 e. The Morgan fingerprint density at radius 3 is 2.47 bits per heavy atom. The van der Waals surface area contributed by atoms with E-state index in [-0.39, 0.29) is 41.6 Å². The van der Waals surface area contributed by atoms with Crippen LogP contribution in [0.3, 0.4) is 0 Å². The SMILES string of the molecule is CC(C)(C)OC(=O)N[C@@H](CCCO)C(=O)N[C@H]1C[C@H]2CC[C@]1(CS(=O)(=O)N1CCC3(CCc4ccccc43)CC1)C2(C)C. The van der Waals surface area contributed by atoms with Gasteiger partial charge in [-0.2, -0.15) is 0 Å². The smallest absolute Gasteiger partial charge is 0.408 e. The number of carbonyl (C=O) groups is 2. The number of hydrogen-bond donors (Lipinski definition) is 3. The second-order valence-electron chi connectivity index (χ2n) is 15.1. The maximum Gasteiger partial charge on any atom is 0.408 e. The van der Waals surface area contributed by atoms with Crippen molar-refractivity contribution < 1.29 is 27.9 Å². The van der Waals surface area contributed by atoms with Crippen molar-refractivity contribution in [2.45, 2.75) is 116 Å². The summed E-state index contributed by atoms with van der Waals surface area (Å²) in [7, 11) is -3.59. The number of sulfonamides is 1. The van der Waals surface area contributed by atoms with Gasteiger partial charge in [-0.25, -0.2) is 17.5 Å². The molecule has 0 unspecified atom stereocenters. The van der Waals surface area contributed by atoms with Crippen molar-refractivity contribution in [3.05, 3.63) is 35.4 Å². The molecular weight excluding hydrogens is 566 g/mol. The van der Waals surface area contributed by atoms with Crippen molar-refractivity contribution in [2.75, 3.05) is 25.4 Å². The predicted octanol–water partition coefficient (Wildman–Crippen LogP) is 4.27. The first-order chi connectivity index (χ1) is 20.1. The maximum atomic E-state index is 14.2. The zero-order chi connectivity index (χ0) is 31.3. The number of carbonyl (C=O) groups excluding carboxylic acids is 2. The van der Waals surface area contributed by atoms with Gasteiger partial charge in [0, 0.05) is 31.2 Å². The van der Waals surface area contributed by atoms with Gasteiger partial charge in [-0.15, -0.1) is 0 Å². The Morgan fingerprint density at radius 1 is 1.12 bits per heavy atom. The van der Waals surface area contributed by atoms with Crippen molar-refractivity contribution in [1.29, 1.82) is 0 Å². The van der Waals surface area contributed by atoms with Crippen LogP contribution in [0, 0.1) is 16.7 Å². The molecule has 5 rings (SSSR count). The van der Waals surface area contributed by atoms with E-state index in [1.165, 1.54) is 11.1 Å². The summed E-state index contributed by atoms with van der Waals surface area (Å²) in [6.45, 7) is 10.5. The number of ether oxygens (including phenoxy) is 1. The summed E-state index contributed by atoms with van der Waals surface area (Å²) < 4.78 is 35.4. The fraction of sp³-hybridized carbons (Fsp3) is 0.758. The van der Waals surface area contributed by atoms with Gasteiger partial charge < -0.3 is 20.5 Å². The summed E-state index contributed by atoms with van der Waals surface area (Å²) in [5.74, 6) is -0.0367. The average Bonchev–Trinajstić information content (AvgIpc) is 3.46. The van der Waals surface area contributed by atoms with E-state index in [9.17, 15) is 23.1 Å². The van der Waals surface area contributed by atoms with E-state index in [1.54, 1.807) is 25.1 Å². The van der Waals surface area contributed by atoms with Gasteiger partial charge >= 0.3 is 6.09 Å². The summed E-state index contributed by atoms with van der Waals surface area (Å²) >= 11 is 0. The first-order valence-electron chi connectivity index (χ1n) is 16.1. The van der Waals surface area contributed by atoms with E-state index in [4.69, 9.17) is 4.74 Å². The largest absolute Gasteiger partial charge is 0.444 e. The summed E-state index contributed by atoms with van der Waals surface area (Å²) in [4.78, 5) is 26.2. The molecule has 4 aliphatic rings. The highest BCUT2D eigenvalue weighted by Gasteiger charge is 2.66. The van der Waals surface area contributed by atoms with Crippen molar-refractivity contribution in [2.24, 2.45) is 16.7 Å². The Bertz CT molecular complexity index is 1310. The number of aliphatic hydroxyl groups excluding tert-OH is 1. The number of alkyl carbamates (subject to hydrolysis) is 1. The standard InChI is InChI=1S/C33H51N3O6S/c1-30(2,3)42-29(39)34-26(11-8-20-37)28(38)35-27-21-24-13-15-33(27,31(24,4)5)22-43(40,41)36-18-16-32(17-19-36)14-12-23-9-6-7-10-25(23)32/h6-7,9-10,24,26-27,37H,8,11-22H2,1-5H3,(H,34,39)(H,35,38)/t24-,26+,27+,33-/m1/s1. The van der Waals surface area contributed by atoms with E-state index in [0.717, 1.165) is 38.5 Å². The molecule has 2 bridgehead atoms. The lowest BCUT2D eigenvalue weighted by Crippen LogP contribution is -2.58. The summed E-state index contributed by atoms with van der Waals surface area (Å²) in [5, 5.41) is 15.3. The van der Waals surface area contributed by atoms with E-state index < -0.39 is 33.2 Å². The predicted molar refractivity (Wildman–Crippen MR) is 166 cm³/mol. The van der Waals surface area contributed by atoms with Crippen molar-refractivity contribution >= 4 is 22.0 Å². The van der Waals surface area contributed by atoms with Crippen LogP contribution in [0.5, 0.6) is 0 Å². The number of amides is 2. The summed E-state index contributed by atoms with van der Waals surface area (Å²) in [6.07, 6.45) is 6.12. The molecule has 3 fully saturated rings. The number of aliphatic hydroxyl groups is 1. The van der Waals surface area contributed by atoms with Gasteiger partial charge in [-0.3, -0.25) is 4.79 Å². The number of hydrogen-bond acceptors (Lipinski definition) is 6. The molecule has 1 aliphatic heterocycles. The van der Waals surface area contributed by atoms with E-state index in [1.807, 2.05) is 0 Å². The fourth-order valence-corrected chi connectivity index (χ4v) is 11.1. The second-order valence-corrected chi connectivity index (χ2v) is 17.0. The highest BCUT2D eigenvalue weighted by molar-refractivity contribution is 7.89. The van der Waals surface area contributed by atoms with Gasteiger partial charge in [0.2, 0.25) is 15.9 Å². The van der Waals surface area contributed by atoms with Crippen LogP contribution < -0.4 is 10.6 Å². The molecule has 4 atom stereocenters. The second kappa shape index (κ2) is 11.6. The Kier molecular flexibility index (Phi) is 8.72. The number of nitrogens with one attached hydrogen (secondary N) is 2. The summed E-state index contributed by atoms with van der Waals surface area (Å²) in [6, 6.07) is 7.41. The minimum absolute atomic E-state index is 0.0127. The Labute approximate surface area is 257 Å². The number of rotatable bonds is 9. The van der Waals surface area contributed by atoms with Gasteiger partial charge in [-0.1, -0.05) is 38.1 Å². The lowest BCUT2D eigenvalue weighted by atomic mass is 9.69. The molecule has 0 radical (unpaired) electrons. The highest BCUT2D eigenvalue weighted by atomic mass is 32.2. The topological polar surface area (TPSA) is 125 Å². The van der Waals surface area contributed by atoms with Crippen LogP contribution in [0.4, 0.5) is 4.79 Å². The monoisotopic (exact) mass is 617 g/mol. The molecule has 10 heteroatoms. The number of nitrogens with zero attached hydrogens (tertiary/aromatic N) is 1. The first kappa shape index (κ1) is 32.2. The molecule has 1 aromatic rings. The third-order valence-electron chi connectivity index (χ3n) is 11.4. The van der Waals surface area contributed by atoms with Crippen LogP contribution in [0.2, 0.25) is 0 Å². The van der Waals surface area contributed by atoms with Crippen LogP contribution in [-0.2, 0) is 31.4 Å². The Hall–Kier alpha value is -2.17. The average molecular weight is 618 g/mol. The normalized spacial score (nSPS) is 28.4. The highest BCUT2D eigenvalue weighted by Crippen LogP contribution is 2.66. The molecule has 1 saturated heterocycles. The maximum absolute atomic E-state index is 14.2. The molecule has 2 amide bonds. The fourth-order valence-electron chi connectivity index (χ4n) is 8.80. The van der Waals surface area contributed by atoms with Gasteiger partial charge in [-0.05, 0) is 106 Å². The molecule has 240 valence electrons. The van der Waals surface area contributed by atoms with Crippen molar-refractivity contribution in [3.63, 3.8) is 0 Å². The molecule has 9 nitrogen and oxygen atoms in total. The van der Waals surface area contributed by atoms with Crippen LogP contribution in [0.25, 0.3) is 0 Å². The van der Waals surface area contributed by atoms with Crippen LogP contribution in [0.15, 0.2) is 24.3 Å². The number of piperidine rings is 1. The molecule has 3 aliphatic carbocycles. The molecule has 2 saturated carbocycles. The van der Waals surface area contributed by atoms with Crippen LogP contribution in [0.1, 0.15) is 97.1 Å². The summed E-state index contributed by atoms with van der Waals surface area (Å²) in [5.41, 5.74) is 1.30. The third-order valence-corrected chi connectivity index (χ3v) is 13.4. The molecule has 0 aromatic heterocycles. The van der Waals surface area contributed by atoms with Gasteiger partial charge in [0.05, 0.1) is 5.75 Å². The van der Waals surface area contributed by atoms with E-state index >= 15 is 0 Å². The van der Waals surface area contributed by atoms with Gasteiger partial charge in [0.15, 0.2) is 0 Å². The first-order valence-corrected chi connectivity index (χ1v) is 17.7. The van der Waals surface area contributed by atoms with Crippen LogP contribution >= 0.6 is 0 Å². The van der Waals surface area contributed by atoms with Crippen molar-refractivity contribution in [1.82, 2.24) is 14.9 Å². The van der Waals surface area contributed by atoms with Gasteiger partial charge in [0.25, 0.3) is 0 Å². The zero-order valence-corrected chi connectivity index (χ0v) is 27.4. The third kappa shape index (κ3) is 6.08. The Balaban J connectivity index is 1.30. The number of benzene rings is 1.